The van der Waals surface area contributed by atoms with Crippen molar-refractivity contribution >= 4 is 0 Å². The van der Waals surface area contributed by atoms with Crippen LogP contribution in [-0.2, 0) is 6.42 Å². The predicted octanol–water partition coefficient (Wildman–Crippen LogP) is 4.39. The maximum absolute atomic E-state index is 10.9. The van der Waals surface area contributed by atoms with E-state index in [1.165, 1.54) is 0 Å². The van der Waals surface area contributed by atoms with E-state index in [0.29, 0.717) is 5.41 Å². The van der Waals surface area contributed by atoms with Gasteiger partial charge in [0, 0.05) is 0 Å². The molecular weight excluding hydrogens is 246 g/mol. The second kappa shape index (κ2) is 5.58. The number of benzene rings is 1. The van der Waals surface area contributed by atoms with Gasteiger partial charge in [0.05, 0.1) is 17.6 Å². The maximum atomic E-state index is 10.9. The normalized spacial score (nSPS) is 21.9. The van der Waals surface area contributed by atoms with E-state index in [4.69, 9.17) is 0 Å². The first-order valence-electron chi connectivity index (χ1n) is 7.61. The van der Waals surface area contributed by atoms with Crippen molar-refractivity contribution in [1.82, 2.24) is 0 Å². The molecule has 1 aromatic carbocycles. The van der Waals surface area contributed by atoms with Crippen molar-refractivity contribution in [2.45, 2.75) is 59.0 Å². The van der Waals surface area contributed by atoms with Gasteiger partial charge >= 0.3 is 0 Å². The molecule has 1 aliphatic rings. The van der Waals surface area contributed by atoms with E-state index >= 15 is 0 Å². The smallest absolute Gasteiger partial charge is 0.0978 e. The van der Waals surface area contributed by atoms with E-state index in [1.54, 1.807) is 0 Å². The highest BCUT2D eigenvalue weighted by molar-refractivity contribution is 5.32. The van der Waals surface area contributed by atoms with Gasteiger partial charge in [-0.25, -0.2) is 0 Å². The minimum atomic E-state index is -0.667. The first kappa shape index (κ1) is 15.1. The molecule has 0 heterocycles. The summed E-state index contributed by atoms with van der Waals surface area (Å²) in [4.78, 5) is 0. The highest BCUT2D eigenvalue weighted by Gasteiger charge is 2.44. The van der Waals surface area contributed by atoms with E-state index in [9.17, 15) is 10.4 Å². The lowest BCUT2D eigenvalue weighted by Gasteiger charge is -2.42. The molecule has 2 heteroatoms. The average Bonchev–Trinajstić information content (AvgIpc) is 2.47. The van der Waals surface area contributed by atoms with Crippen LogP contribution in [0.1, 0.15) is 63.7 Å². The molecule has 2 nitrogen and oxygen atoms in total. The largest absolute Gasteiger partial charge is 0.387 e. The van der Waals surface area contributed by atoms with Crippen LogP contribution in [0.5, 0.6) is 0 Å². The summed E-state index contributed by atoms with van der Waals surface area (Å²) in [6.45, 7) is 6.59. The van der Waals surface area contributed by atoms with Crippen LogP contribution in [0.15, 0.2) is 24.3 Å². The summed E-state index contributed by atoms with van der Waals surface area (Å²) in [5.74, 6) is 0. The molecule has 1 fully saturated rings. The average molecular weight is 271 g/mol. The zero-order valence-corrected chi connectivity index (χ0v) is 12.8. The molecule has 1 aromatic rings. The lowest BCUT2D eigenvalue weighted by molar-refractivity contribution is 0.00908. The van der Waals surface area contributed by atoms with Crippen molar-refractivity contribution in [2.75, 3.05) is 0 Å². The predicted molar refractivity (Wildman–Crippen MR) is 81.1 cm³/mol. The van der Waals surface area contributed by atoms with E-state index in [0.717, 1.165) is 43.2 Å². The summed E-state index contributed by atoms with van der Waals surface area (Å²) in [6, 6.07) is 10.4. The number of nitrogens with zero attached hydrogens (tertiary/aromatic N) is 1. The summed E-state index contributed by atoms with van der Waals surface area (Å²) in [5.41, 5.74) is 1.78. The standard InChI is InChI=1S/C18H25NO/c1-4-14-7-5-6-8-15(14)16(20)18(13-19)11-9-17(2,3)10-12-18/h5-8,16,20H,4,9-12H2,1-3H3. The molecule has 1 atom stereocenters. The quantitative estimate of drug-likeness (QED) is 0.886. The molecule has 0 bridgehead atoms. The van der Waals surface area contributed by atoms with Crippen LogP contribution in [0.25, 0.3) is 0 Å². The molecule has 1 aliphatic carbocycles. The summed E-state index contributed by atoms with van der Waals surface area (Å²) in [6.07, 6.45) is 3.81. The maximum Gasteiger partial charge on any atom is 0.0978 e. The number of aliphatic hydroxyl groups is 1. The molecule has 0 radical (unpaired) electrons. The lowest BCUT2D eigenvalue weighted by atomic mass is 9.62. The zero-order valence-electron chi connectivity index (χ0n) is 12.8. The Balaban J connectivity index is 2.31. The van der Waals surface area contributed by atoms with E-state index in [1.807, 2.05) is 18.2 Å². The van der Waals surface area contributed by atoms with Crippen LogP contribution < -0.4 is 0 Å². The van der Waals surface area contributed by atoms with Gasteiger partial charge < -0.3 is 5.11 Å². The SMILES string of the molecule is CCc1ccccc1C(O)C1(C#N)CCC(C)(C)CC1. The highest BCUT2D eigenvalue weighted by atomic mass is 16.3. The molecular formula is C18H25NO. The first-order valence-corrected chi connectivity index (χ1v) is 7.61. The Morgan fingerprint density at radius 1 is 1.20 bits per heavy atom. The van der Waals surface area contributed by atoms with Gasteiger partial charge in [0.15, 0.2) is 0 Å². The van der Waals surface area contributed by atoms with Crippen LogP contribution in [-0.4, -0.2) is 5.11 Å². The number of nitriles is 1. The van der Waals surface area contributed by atoms with Gasteiger partial charge in [-0.2, -0.15) is 5.26 Å². The lowest BCUT2D eigenvalue weighted by Crippen LogP contribution is -2.35. The summed E-state index contributed by atoms with van der Waals surface area (Å²) < 4.78 is 0. The van der Waals surface area contributed by atoms with Crippen LogP contribution >= 0.6 is 0 Å². The van der Waals surface area contributed by atoms with Gasteiger partial charge in [-0.1, -0.05) is 45.0 Å². The number of rotatable bonds is 3. The minimum absolute atomic E-state index is 0.296. The Hall–Kier alpha value is -1.33. The minimum Gasteiger partial charge on any atom is -0.387 e. The molecule has 0 saturated heterocycles. The summed E-state index contributed by atoms with van der Waals surface area (Å²) in [7, 11) is 0. The van der Waals surface area contributed by atoms with Crippen LogP contribution in [0.2, 0.25) is 0 Å². The second-order valence-electron chi connectivity index (χ2n) is 6.89. The molecule has 0 aromatic heterocycles. The highest BCUT2D eigenvalue weighted by Crippen LogP contribution is 2.51. The molecule has 0 amide bonds. The van der Waals surface area contributed by atoms with Gasteiger partial charge in [-0.15, -0.1) is 0 Å². The molecule has 2 rings (SSSR count). The summed E-state index contributed by atoms with van der Waals surface area (Å²) in [5, 5.41) is 20.6. The van der Waals surface area contributed by atoms with Gasteiger partial charge in [-0.05, 0) is 48.6 Å². The van der Waals surface area contributed by atoms with Gasteiger partial charge in [0.25, 0.3) is 0 Å². The first-order chi connectivity index (χ1) is 9.44. The third kappa shape index (κ3) is 2.74. The zero-order chi connectivity index (χ0) is 14.8. The van der Waals surface area contributed by atoms with Crippen LogP contribution in [0.4, 0.5) is 0 Å². The van der Waals surface area contributed by atoms with Gasteiger partial charge in [0.2, 0.25) is 0 Å². The Kier molecular flexibility index (Phi) is 4.20. The fourth-order valence-corrected chi connectivity index (χ4v) is 3.24. The monoisotopic (exact) mass is 271 g/mol. The fourth-order valence-electron chi connectivity index (χ4n) is 3.24. The topological polar surface area (TPSA) is 44.0 Å². The Labute approximate surface area is 122 Å². The molecule has 1 saturated carbocycles. The van der Waals surface area contributed by atoms with Gasteiger partial charge in [-0.3, -0.25) is 0 Å². The van der Waals surface area contributed by atoms with Crippen molar-refractivity contribution in [2.24, 2.45) is 10.8 Å². The van der Waals surface area contributed by atoms with Crippen molar-refractivity contribution in [1.29, 1.82) is 5.26 Å². The molecule has 20 heavy (non-hydrogen) atoms. The summed E-state index contributed by atoms with van der Waals surface area (Å²) >= 11 is 0. The van der Waals surface area contributed by atoms with Crippen molar-refractivity contribution in [3.8, 4) is 6.07 Å². The van der Waals surface area contributed by atoms with E-state index in [-0.39, 0.29) is 0 Å². The van der Waals surface area contributed by atoms with Crippen molar-refractivity contribution in [3.05, 3.63) is 35.4 Å². The Bertz CT molecular complexity index is 502. The molecule has 1 N–H and O–H groups in total. The number of aryl methyl sites for hydroxylation is 1. The third-order valence-corrected chi connectivity index (χ3v) is 4.97. The Morgan fingerprint density at radius 3 is 2.35 bits per heavy atom. The van der Waals surface area contributed by atoms with Crippen molar-refractivity contribution < 1.29 is 5.11 Å². The molecule has 0 aliphatic heterocycles. The number of hydrogen-bond acceptors (Lipinski definition) is 2. The van der Waals surface area contributed by atoms with Crippen molar-refractivity contribution in [3.63, 3.8) is 0 Å². The van der Waals surface area contributed by atoms with Gasteiger partial charge in [0.1, 0.15) is 0 Å². The van der Waals surface area contributed by atoms with E-state index in [2.05, 4.69) is 32.9 Å². The molecule has 0 spiro atoms. The van der Waals surface area contributed by atoms with Crippen LogP contribution in [0.3, 0.4) is 0 Å². The van der Waals surface area contributed by atoms with E-state index < -0.39 is 11.5 Å². The number of aliphatic hydroxyl groups excluding tert-OH is 1. The van der Waals surface area contributed by atoms with Crippen LogP contribution in [0, 0.1) is 22.2 Å². The third-order valence-electron chi connectivity index (χ3n) is 4.97. The molecule has 1 unspecified atom stereocenters. The number of hydrogen-bond donors (Lipinski definition) is 1. The molecule has 108 valence electrons. The second-order valence-corrected chi connectivity index (χ2v) is 6.89. The fraction of sp³-hybridized carbons (Fsp3) is 0.611. The Morgan fingerprint density at radius 2 is 1.80 bits per heavy atom.